The summed E-state index contributed by atoms with van der Waals surface area (Å²) in [4.78, 5) is 0. The van der Waals surface area contributed by atoms with Crippen LogP contribution in [0.5, 0.6) is 0 Å². The van der Waals surface area contributed by atoms with Crippen molar-refractivity contribution in [3.63, 3.8) is 0 Å². The van der Waals surface area contributed by atoms with Gasteiger partial charge in [0.25, 0.3) is 0 Å². The number of unbranched alkanes of at least 4 members (excludes halogenated alkanes) is 3. The van der Waals surface area contributed by atoms with Gasteiger partial charge in [-0.05, 0) is 0 Å². The van der Waals surface area contributed by atoms with Gasteiger partial charge in [-0.15, -0.1) is 0 Å². The van der Waals surface area contributed by atoms with E-state index in [9.17, 15) is 0 Å². The second kappa shape index (κ2) is 10.7. The second-order valence-corrected chi connectivity index (χ2v) is 19.3. The molecule has 0 unspecified atom stereocenters. The molecular weight excluding hydrogens is 367 g/mol. The third-order valence-electron chi connectivity index (χ3n) is 4.54. The standard InChI is InChI=1S/C5H7N2O.3C4H9.Sn/c1-8-5-7-4-2-3-6-7;3*1-3-4-2;/h2-3H,5H2,1H3;3*1,3-4H2,2H3;. The van der Waals surface area contributed by atoms with Crippen molar-refractivity contribution in [1.29, 1.82) is 0 Å². The Labute approximate surface area is 135 Å². The van der Waals surface area contributed by atoms with E-state index >= 15 is 0 Å². The molecule has 3 nitrogen and oxygen atoms in total. The molecule has 1 heterocycles. The van der Waals surface area contributed by atoms with Crippen molar-refractivity contribution in [3.8, 4) is 0 Å². The number of rotatable bonds is 12. The molecule has 0 bridgehead atoms. The molecule has 0 fully saturated rings. The molecule has 0 amide bonds. The molecule has 0 saturated carbocycles. The first-order valence-corrected chi connectivity index (χ1v) is 16.2. The minimum atomic E-state index is -2.33. The number of aromatic nitrogens is 2. The SMILES string of the molecule is CCC[CH2][Sn]([CH2]CCC)([CH2]CCC)[c]1ccnn1COC. The molecule has 0 atom stereocenters. The van der Waals surface area contributed by atoms with Gasteiger partial charge in [0.1, 0.15) is 0 Å². The van der Waals surface area contributed by atoms with Gasteiger partial charge in [-0.1, -0.05) is 0 Å². The fourth-order valence-corrected chi connectivity index (χ4v) is 19.6. The van der Waals surface area contributed by atoms with Gasteiger partial charge in [0.15, 0.2) is 0 Å². The molecule has 4 heteroatoms. The average Bonchev–Trinajstić information content (AvgIpc) is 2.96. The first-order valence-electron chi connectivity index (χ1n) is 8.75. The summed E-state index contributed by atoms with van der Waals surface area (Å²) in [6, 6.07) is 2.32. The van der Waals surface area contributed by atoms with E-state index < -0.39 is 18.4 Å². The number of ether oxygens (including phenoxy) is 1. The quantitative estimate of drug-likeness (QED) is 0.481. The van der Waals surface area contributed by atoms with E-state index in [1.54, 1.807) is 10.8 Å². The van der Waals surface area contributed by atoms with Crippen molar-refractivity contribution in [1.82, 2.24) is 9.78 Å². The first kappa shape index (κ1) is 19.0. The van der Waals surface area contributed by atoms with E-state index in [1.807, 2.05) is 6.20 Å². The summed E-state index contributed by atoms with van der Waals surface area (Å²) in [5.74, 6) is 0. The van der Waals surface area contributed by atoms with Gasteiger partial charge in [0.2, 0.25) is 0 Å². The van der Waals surface area contributed by atoms with Crippen molar-refractivity contribution in [2.45, 2.75) is 79.3 Å². The average molecular weight is 401 g/mol. The number of hydrogen-bond acceptors (Lipinski definition) is 2. The van der Waals surface area contributed by atoms with Crippen molar-refractivity contribution in [3.05, 3.63) is 12.3 Å². The van der Waals surface area contributed by atoms with E-state index in [-0.39, 0.29) is 0 Å². The number of nitrogens with zero attached hydrogens (tertiary/aromatic N) is 2. The topological polar surface area (TPSA) is 27.1 Å². The van der Waals surface area contributed by atoms with Crippen LogP contribution in [0.1, 0.15) is 59.3 Å². The van der Waals surface area contributed by atoms with Crippen molar-refractivity contribution < 1.29 is 4.74 Å². The monoisotopic (exact) mass is 402 g/mol. The van der Waals surface area contributed by atoms with Gasteiger partial charge in [-0.3, -0.25) is 0 Å². The Morgan fingerprint density at radius 3 is 1.95 bits per heavy atom. The van der Waals surface area contributed by atoms with Crippen LogP contribution in [0.25, 0.3) is 0 Å². The molecule has 1 aromatic heterocycles. The Morgan fingerprint density at radius 2 is 1.52 bits per heavy atom. The van der Waals surface area contributed by atoms with Crippen LogP contribution >= 0.6 is 0 Å². The van der Waals surface area contributed by atoms with Gasteiger partial charge in [0.05, 0.1) is 0 Å². The van der Waals surface area contributed by atoms with Crippen LogP contribution < -0.4 is 3.71 Å². The zero-order chi connectivity index (χ0) is 15.6. The molecule has 0 N–H and O–H groups in total. The van der Waals surface area contributed by atoms with Gasteiger partial charge in [0, 0.05) is 0 Å². The molecular formula is C17H34N2OSn. The Bertz CT molecular complexity index is 357. The van der Waals surface area contributed by atoms with Crippen molar-refractivity contribution in [2.75, 3.05) is 7.11 Å². The normalized spacial score (nSPS) is 12.0. The van der Waals surface area contributed by atoms with Gasteiger partial charge < -0.3 is 0 Å². The fraction of sp³-hybridized carbons (Fsp3) is 0.824. The summed E-state index contributed by atoms with van der Waals surface area (Å²) in [5, 5.41) is 4.54. The predicted molar refractivity (Wildman–Crippen MR) is 93.8 cm³/mol. The maximum absolute atomic E-state index is 5.37. The molecule has 1 rings (SSSR count). The third-order valence-corrected chi connectivity index (χ3v) is 20.1. The molecule has 21 heavy (non-hydrogen) atoms. The van der Waals surface area contributed by atoms with E-state index in [0.717, 1.165) is 0 Å². The van der Waals surface area contributed by atoms with Gasteiger partial charge in [-0.25, -0.2) is 0 Å². The van der Waals surface area contributed by atoms with Crippen molar-refractivity contribution in [2.24, 2.45) is 0 Å². The molecule has 0 aromatic carbocycles. The Hall–Kier alpha value is -0.0313. The molecule has 0 radical (unpaired) electrons. The summed E-state index contributed by atoms with van der Waals surface area (Å²) < 4.78 is 13.6. The Balaban J connectivity index is 3.06. The van der Waals surface area contributed by atoms with E-state index in [1.165, 1.54) is 51.8 Å². The molecule has 0 aliphatic carbocycles. The predicted octanol–water partition coefficient (Wildman–Crippen LogP) is 4.54. The molecule has 122 valence electrons. The van der Waals surface area contributed by atoms with Crippen LogP contribution in [0.2, 0.25) is 13.3 Å². The second-order valence-electron chi connectivity index (χ2n) is 6.22. The van der Waals surface area contributed by atoms with Crippen LogP contribution in [0.3, 0.4) is 0 Å². The van der Waals surface area contributed by atoms with Crippen LogP contribution in [-0.2, 0) is 11.5 Å². The molecule has 0 spiro atoms. The van der Waals surface area contributed by atoms with Crippen LogP contribution in [0.15, 0.2) is 12.3 Å². The molecule has 0 aliphatic rings. The maximum atomic E-state index is 5.37. The minimum absolute atomic E-state index is 0.616. The number of hydrogen-bond donors (Lipinski definition) is 0. The number of methoxy groups -OCH3 is 1. The van der Waals surface area contributed by atoms with Gasteiger partial charge >= 0.3 is 135 Å². The van der Waals surface area contributed by atoms with Crippen LogP contribution in [0, 0.1) is 0 Å². The van der Waals surface area contributed by atoms with Gasteiger partial charge in [-0.2, -0.15) is 0 Å². The van der Waals surface area contributed by atoms with Crippen molar-refractivity contribution >= 4 is 22.1 Å². The fourth-order valence-electron chi connectivity index (χ4n) is 3.31. The molecule has 0 aliphatic heterocycles. The van der Waals surface area contributed by atoms with Crippen LogP contribution in [0.4, 0.5) is 0 Å². The summed E-state index contributed by atoms with van der Waals surface area (Å²) in [6.45, 7) is 7.58. The third kappa shape index (κ3) is 5.59. The van der Waals surface area contributed by atoms with E-state index in [2.05, 4.69) is 36.6 Å². The molecule has 0 saturated heterocycles. The van der Waals surface area contributed by atoms with E-state index in [0.29, 0.717) is 6.73 Å². The first-order chi connectivity index (χ1) is 10.2. The summed E-state index contributed by atoms with van der Waals surface area (Å²) in [6.07, 6.45) is 10.1. The summed E-state index contributed by atoms with van der Waals surface area (Å²) in [7, 11) is 1.77. The van der Waals surface area contributed by atoms with Crippen LogP contribution in [-0.4, -0.2) is 35.3 Å². The molecule has 1 aromatic rings. The zero-order valence-corrected chi connectivity index (χ0v) is 17.4. The Kier molecular flexibility index (Phi) is 9.65. The summed E-state index contributed by atoms with van der Waals surface area (Å²) >= 11 is -2.33. The Morgan fingerprint density at radius 1 is 1.00 bits per heavy atom. The van der Waals surface area contributed by atoms with E-state index in [4.69, 9.17) is 4.74 Å². The zero-order valence-electron chi connectivity index (χ0n) is 14.5. The summed E-state index contributed by atoms with van der Waals surface area (Å²) in [5.41, 5.74) is 0.